The molecule has 5 heteroatoms. The van der Waals surface area contributed by atoms with Crippen LogP contribution in [0.5, 0.6) is 5.75 Å². The summed E-state index contributed by atoms with van der Waals surface area (Å²) in [5.74, 6) is 2.49. The first-order valence-electron chi connectivity index (χ1n) is 5.79. The Bertz CT molecular complexity index is 653. The van der Waals surface area contributed by atoms with Crippen molar-refractivity contribution in [2.24, 2.45) is 0 Å². The van der Waals surface area contributed by atoms with E-state index in [1.807, 2.05) is 29.6 Å². The van der Waals surface area contributed by atoms with Crippen LogP contribution in [0.15, 0.2) is 29.6 Å². The molecule has 2 rings (SSSR count). The lowest BCUT2D eigenvalue weighted by molar-refractivity contribution is 0.0559. The molecular weight excluding hydrogens is 274 g/mol. The van der Waals surface area contributed by atoms with E-state index >= 15 is 0 Å². The first-order chi connectivity index (χ1) is 9.67. The number of nitrogens with two attached hydrogens (primary N) is 1. The highest BCUT2D eigenvalue weighted by atomic mass is 32.1. The largest absolute Gasteiger partial charge is 0.497 e. The van der Waals surface area contributed by atoms with Crippen molar-refractivity contribution in [3.05, 3.63) is 35.2 Å². The lowest BCUT2D eigenvalue weighted by Crippen LogP contribution is -2.07. The Hall–Kier alpha value is -2.45. The number of nitrogen functional groups attached to an aromatic ring is 1. The Kier molecular flexibility index (Phi) is 4.28. The van der Waals surface area contributed by atoms with Crippen molar-refractivity contribution in [2.75, 3.05) is 19.5 Å². The van der Waals surface area contributed by atoms with Crippen molar-refractivity contribution in [3.63, 3.8) is 0 Å². The molecule has 0 radical (unpaired) electrons. The average Bonchev–Trinajstić information content (AvgIpc) is 2.86. The third kappa shape index (κ3) is 2.76. The minimum absolute atomic E-state index is 0.0732. The number of benzene rings is 1. The van der Waals surface area contributed by atoms with Gasteiger partial charge in [-0.25, -0.2) is 4.79 Å². The average molecular weight is 287 g/mol. The van der Waals surface area contributed by atoms with E-state index in [-0.39, 0.29) is 6.61 Å². The minimum Gasteiger partial charge on any atom is -0.497 e. The van der Waals surface area contributed by atoms with Gasteiger partial charge in [0.05, 0.1) is 7.11 Å². The monoisotopic (exact) mass is 287 g/mol. The van der Waals surface area contributed by atoms with Gasteiger partial charge >= 0.3 is 5.97 Å². The zero-order valence-corrected chi connectivity index (χ0v) is 11.7. The summed E-state index contributed by atoms with van der Waals surface area (Å²) in [7, 11) is 1.60. The van der Waals surface area contributed by atoms with E-state index in [1.54, 1.807) is 7.11 Å². The number of carbonyl (C=O) groups is 1. The smallest absolute Gasteiger partial charge is 0.342 e. The standard InChI is InChI=1S/C15H13NO3S/c1-3-8-19-15(17)13-12(9-20-14(13)16)10-4-6-11(18-2)7-5-10/h1,4-7,9H,8,16H2,2H3. The summed E-state index contributed by atoms with van der Waals surface area (Å²) in [6.45, 7) is -0.0732. The second kappa shape index (κ2) is 6.13. The first-order valence-corrected chi connectivity index (χ1v) is 6.67. The van der Waals surface area contributed by atoms with Gasteiger partial charge in [0.25, 0.3) is 0 Å². The zero-order valence-electron chi connectivity index (χ0n) is 10.9. The summed E-state index contributed by atoms with van der Waals surface area (Å²) in [5.41, 5.74) is 7.81. The molecule has 0 fully saturated rings. The Balaban J connectivity index is 2.37. The molecule has 0 bridgehead atoms. The summed E-state index contributed by atoms with van der Waals surface area (Å²) in [6, 6.07) is 7.36. The van der Waals surface area contributed by atoms with Crippen LogP contribution < -0.4 is 10.5 Å². The van der Waals surface area contributed by atoms with Crippen molar-refractivity contribution in [3.8, 4) is 29.2 Å². The summed E-state index contributed by atoms with van der Waals surface area (Å²) in [4.78, 5) is 12.0. The Morgan fingerprint density at radius 2 is 2.10 bits per heavy atom. The molecule has 0 spiro atoms. The zero-order chi connectivity index (χ0) is 14.5. The van der Waals surface area contributed by atoms with Crippen molar-refractivity contribution in [1.82, 2.24) is 0 Å². The van der Waals surface area contributed by atoms with Gasteiger partial charge in [0, 0.05) is 10.9 Å². The van der Waals surface area contributed by atoms with Crippen LogP contribution in [-0.4, -0.2) is 19.7 Å². The molecule has 0 unspecified atom stereocenters. The molecule has 1 aromatic carbocycles. The number of hydrogen-bond acceptors (Lipinski definition) is 5. The molecule has 0 aliphatic carbocycles. The van der Waals surface area contributed by atoms with Crippen molar-refractivity contribution in [1.29, 1.82) is 0 Å². The van der Waals surface area contributed by atoms with E-state index < -0.39 is 5.97 Å². The molecule has 2 N–H and O–H groups in total. The molecule has 4 nitrogen and oxygen atoms in total. The van der Waals surface area contributed by atoms with E-state index in [2.05, 4.69) is 5.92 Å². The van der Waals surface area contributed by atoms with E-state index in [0.29, 0.717) is 10.6 Å². The summed E-state index contributed by atoms with van der Waals surface area (Å²) in [6.07, 6.45) is 5.08. The highest BCUT2D eigenvalue weighted by molar-refractivity contribution is 7.14. The third-order valence-corrected chi connectivity index (χ3v) is 3.52. The minimum atomic E-state index is -0.507. The number of terminal acetylenes is 1. The van der Waals surface area contributed by atoms with Crippen LogP contribution in [-0.2, 0) is 4.74 Å². The number of ether oxygens (including phenoxy) is 2. The van der Waals surface area contributed by atoms with Gasteiger partial charge < -0.3 is 15.2 Å². The van der Waals surface area contributed by atoms with E-state index in [4.69, 9.17) is 21.6 Å². The predicted molar refractivity (Wildman–Crippen MR) is 79.8 cm³/mol. The quantitative estimate of drug-likeness (QED) is 0.694. The van der Waals surface area contributed by atoms with Crippen LogP contribution in [0.1, 0.15) is 10.4 Å². The molecule has 20 heavy (non-hydrogen) atoms. The summed E-state index contributed by atoms with van der Waals surface area (Å²) >= 11 is 1.29. The lowest BCUT2D eigenvalue weighted by atomic mass is 10.0. The van der Waals surface area contributed by atoms with Gasteiger partial charge in [0.2, 0.25) is 0 Å². The van der Waals surface area contributed by atoms with Gasteiger partial charge in [-0.15, -0.1) is 17.8 Å². The van der Waals surface area contributed by atoms with E-state index in [9.17, 15) is 4.79 Å². The predicted octanol–water partition coefficient (Wildman–Crippen LogP) is 2.80. The molecule has 2 aromatic rings. The maximum absolute atomic E-state index is 12.0. The Labute approximate surface area is 121 Å². The molecule has 0 atom stereocenters. The topological polar surface area (TPSA) is 61.5 Å². The van der Waals surface area contributed by atoms with Gasteiger partial charge in [-0.2, -0.15) is 0 Å². The first kappa shape index (κ1) is 14.0. The second-order valence-electron chi connectivity index (χ2n) is 3.90. The molecule has 1 aromatic heterocycles. The Morgan fingerprint density at radius 1 is 1.40 bits per heavy atom. The second-order valence-corrected chi connectivity index (χ2v) is 4.81. The molecular formula is C15H13NO3S. The molecule has 0 amide bonds. The molecule has 102 valence electrons. The molecule has 0 saturated heterocycles. The van der Waals surface area contributed by atoms with Crippen molar-refractivity contribution < 1.29 is 14.3 Å². The van der Waals surface area contributed by atoms with Crippen LogP contribution >= 0.6 is 11.3 Å². The van der Waals surface area contributed by atoms with Gasteiger partial charge in [0.1, 0.15) is 16.3 Å². The van der Waals surface area contributed by atoms with Gasteiger partial charge in [-0.1, -0.05) is 18.1 Å². The maximum atomic E-state index is 12.0. The summed E-state index contributed by atoms with van der Waals surface area (Å²) in [5, 5.41) is 2.24. The normalized spacial score (nSPS) is 9.80. The van der Waals surface area contributed by atoms with E-state index in [0.717, 1.165) is 16.9 Å². The number of hydrogen-bond donors (Lipinski definition) is 1. The Morgan fingerprint density at radius 3 is 2.70 bits per heavy atom. The third-order valence-electron chi connectivity index (χ3n) is 2.71. The lowest BCUT2D eigenvalue weighted by Gasteiger charge is -2.06. The van der Waals surface area contributed by atoms with Crippen LogP contribution in [0.4, 0.5) is 5.00 Å². The summed E-state index contributed by atoms with van der Waals surface area (Å²) < 4.78 is 10.1. The molecule has 0 aliphatic rings. The number of esters is 1. The molecule has 1 heterocycles. The molecule has 0 aliphatic heterocycles. The van der Waals surface area contributed by atoms with Crippen molar-refractivity contribution >= 4 is 22.3 Å². The highest BCUT2D eigenvalue weighted by Gasteiger charge is 2.19. The van der Waals surface area contributed by atoms with E-state index in [1.165, 1.54) is 11.3 Å². The number of thiophene rings is 1. The van der Waals surface area contributed by atoms with Crippen LogP contribution in [0.3, 0.4) is 0 Å². The van der Waals surface area contributed by atoms with Crippen LogP contribution in [0.2, 0.25) is 0 Å². The van der Waals surface area contributed by atoms with Gasteiger partial charge in [-0.05, 0) is 17.7 Å². The number of rotatable bonds is 4. The highest BCUT2D eigenvalue weighted by Crippen LogP contribution is 2.34. The fourth-order valence-corrected chi connectivity index (χ4v) is 2.56. The fourth-order valence-electron chi connectivity index (χ4n) is 1.75. The number of carbonyl (C=O) groups excluding carboxylic acids is 1. The van der Waals surface area contributed by atoms with Gasteiger partial charge in [0.15, 0.2) is 6.61 Å². The van der Waals surface area contributed by atoms with Crippen LogP contribution in [0.25, 0.3) is 11.1 Å². The number of methoxy groups -OCH3 is 1. The fraction of sp³-hybridized carbons (Fsp3) is 0.133. The van der Waals surface area contributed by atoms with Crippen LogP contribution in [0, 0.1) is 12.3 Å². The molecule has 0 saturated carbocycles. The SMILES string of the molecule is C#CCOC(=O)c1c(-c2ccc(OC)cc2)csc1N. The van der Waals surface area contributed by atoms with Gasteiger partial charge in [-0.3, -0.25) is 0 Å². The maximum Gasteiger partial charge on any atom is 0.342 e. The van der Waals surface area contributed by atoms with Crippen molar-refractivity contribution in [2.45, 2.75) is 0 Å². The number of anilines is 1.